The molecule has 32 valence electrons. The SMILES string of the molecule is CO[S-](=O)=O.[Li+]. The second-order valence-electron chi connectivity index (χ2n) is 0.371. The molecule has 0 amide bonds. The zero-order valence-corrected chi connectivity index (χ0v) is 4.45. The van der Waals surface area contributed by atoms with Gasteiger partial charge in [-0.1, -0.05) is 0 Å². The molecule has 0 saturated heterocycles. The summed E-state index contributed by atoms with van der Waals surface area (Å²) in [6.45, 7) is 0. The molecule has 0 aromatic rings. The Kier molecular flexibility index (Phi) is 8.92. The van der Waals surface area contributed by atoms with E-state index in [2.05, 4.69) is 4.18 Å². The molecule has 0 aromatic heterocycles. The number of hydrogen-bond acceptors (Lipinski definition) is 4. The summed E-state index contributed by atoms with van der Waals surface area (Å²) in [7, 11) is -1.24. The summed E-state index contributed by atoms with van der Waals surface area (Å²) >= 11 is 0. The molecule has 0 aliphatic carbocycles. The Morgan fingerprint density at radius 1 is 1.50 bits per heavy atom. The van der Waals surface area contributed by atoms with Gasteiger partial charge in [-0.15, -0.1) is 0 Å². The van der Waals surface area contributed by atoms with Gasteiger partial charge in [-0.05, 0) is 0 Å². The van der Waals surface area contributed by atoms with Crippen LogP contribution in [0.1, 0.15) is 0 Å². The zero-order valence-electron chi connectivity index (χ0n) is 3.63. The van der Waals surface area contributed by atoms with E-state index in [1.165, 1.54) is 0 Å². The Morgan fingerprint density at radius 3 is 1.67 bits per heavy atom. The Labute approximate surface area is 50.0 Å². The minimum Gasteiger partial charge on any atom is -0.427 e. The largest absolute Gasteiger partial charge is 1.00 e. The van der Waals surface area contributed by atoms with Crippen LogP contribution in [-0.2, 0) is 23.6 Å². The van der Waals surface area contributed by atoms with Gasteiger partial charge < -0.3 is 12.6 Å². The van der Waals surface area contributed by atoms with Gasteiger partial charge in [0.15, 0.2) is 0 Å². The Morgan fingerprint density at radius 2 is 1.67 bits per heavy atom. The summed E-state index contributed by atoms with van der Waals surface area (Å²) in [5, 5.41) is 0. The van der Waals surface area contributed by atoms with Crippen molar-refractivity contribution in [2.24, 2.45) is 0 Å². The quantitative estimate of drug-likeness (QED) is 0.259. The molecule has 5 heteroatoms. The second kappa shape index (κ2) is 5.51. The van der Waals surface area contributed by atoms with Crippen LogP contribution in [0.15, 0.2) is 0 Å². The fourth-order valence-corrected chi connectivity index (χ4v) is 0. The van der Waals surface area contributed by atoms with Gasteiger partial charge in [0.05, 0.1) is 11.0 Å². The van der Waals surface area contributed by atoms with Gasteiger partial charge in [-0.25, -0.2) is 0 Å². The second-order valence-corrected chi connectivity index (χ2v) is 1.11. The minimum absolute atomic E-state index is 0. The number of rotatable bonds is 1. The van der Waals surface area contributed by atoms with Crippen molar-refractivity contribution in [2.45, 2.75) is 0 Å². The van der Waals surface area contributed by atoms with Crippen LogP contribution in [0.3, 0.4) is 0 Å². The Bertz CT molecular complexity index is 68.9. The van der Waals surface area contributed by atoms with E-state index in [-0.39, 0.29) is 18.9 Å². The molecule has 0 atom stereocenters. The fourth-order valence-electron chi connectivity index (χ4n) is 0. The molecule has 6 heavy (non-hydrogen) atoms. The average Bonchev–Trinajstić information content (AvgIpc) is 1.38. The van der Waals surface area contributed by atoms with Crippen molar-refractivity contribution in [1.29, 1.82) is 0 Å². The van der Waals surface area contributed by atoms with E-state index in [1.54, 1.807) is 0 Å². The van der Waals surface area contributed by atoms with Gasteiger partial charge in [0, 0.05) is 7.11 Å². The molecule has 0 aliphatic rings. The topological polar surface area (TPSA) is 43.4 Å². The Balaban J connectivity index is 0. The maximum Gasteiger partial charge on any atom is 1.00 e. The number of hydrogen-bond donors (Lipinski definition) is 0. The first-order valence-corrected chi connectivity index (χ1v) is 1.91. The third-order valence-corrected chi connectivity index (χ3v) is 0.408. The molecule has 0 saturated carbocycles. The molecule has 0 rings (SSSR count). The van der Waals surface area contributed by atoms with Crippen LogP contribution in [0.25, 0.3) is 0 Å². The van der Waals surface area contributed by atoms with Crippen molar-refractivity contribution in [1.82, 2.24) is 0 Å². The molecule has 0 radical (unpaired) electrons. The molecule has 0 aromatic carbocycles. The van der Waals surface area contributed by atoms with Crippen molar-refractivity contribution >= 4 is 11.0 Å². The molecule has 0 fully saturated rings. The van der Waals surface area contributed by atoms with Gasteiger partial charge in [-0.3, -0.25) is 0 Å². The van der Waals surface area contributed by atoms with E-state index >= 15 is 0 Å². The molecule has 0 heterocycles. The Hall–Kier alpha value is 0.507. The molecule has 0 bridgehead atoms. The summed E-state index contributed by atoms with van der Waals surface area (Å²) in [6, 6.07) is 0. The van der Waals surface area contributed by atoms with Crippen molar-refractivity contribution in [3.05, 3.63) is 0 Å². The smallest absolute Gasteiger partial charge is 0.427 e. The summed E-state index contributed by atoms with van der Waals surface area (Å²) in [6.07, 6.45) is 0. The van der Waals surface area contributed by atoms with Crippen molar-refractivity contribution in [3.8, 4) is 0 Å². The molecule has 0 unspecified atom stereocenters. The summed E-state index contributed by atoms with van der Waals surface area (Å²) < 4.78 is 22.0. The normalized spacial score (nSPS) is 7.67. The van der Waals surface area contributed by atoms with E-state index in [4.69, 9.17) is 8.42 Å². The van der Waals surface area contributed by atoms with Crippen LogP contribution in [-0.4, -0.2) is 7.11 Å². The van der Waals surface area contributed by atoms with E-state index in [0.717, 1.165) is 7.11 Å². The van der Waals surface area contributed by atoms with Crippen LogP contribution < -0.4 is 18.9 Å². The van der Waals surface area contributed by atoms with E-state index in [9.17, 15) is 0 Å². The summed E-state index contributed by atoms with van der Waals surface area (Å²) in [5.74, 6) is 0. The molecular weight excluding hydrogens is 99.0 g/mol. The van der Waals surface area contributed by atoms with E-state index in [1.807, 2.05) is 0 Å². The van der Waals surface area contributed by atoms with Crippen molar-refractivity contribution in [3.63, 3.8) is 0 Å². The first kappa shape index (κ1) is 9.72. The van der Waals surface area contributed by atoms with Gasteiger partial charge in [-0.2, -0.15) is 0 Å². The van der Waals surface area contributed by atoms with Crippen molar-refractivity contribution < 1.29 is 31.5 Å². The first-order chi connectivity index (χ1) is 2.27. The fraction of sp³-hybridized carbons (Fsp3) is 1.00. The molecular formula is CH3LiO3S. The maximum atomic E-state index is 9.15. The molecule has 3 nitrogen and oxygen atoms in total. The average molecular weight is 102 g/mol. The first-order valence-electron chi connectivity index (χ1n) is 0.908. The van der Waals surface area contributed by atoms with Gasteiger partial charge in [0.2, 0.25) is 0 Å². The molecule has 0 spiro atoms. The minimum atomic E-state index is -2.32. The van der Waals surface area contributed by atoms with Gasteiger partial charge >= 0.3 is 18.9 Å². The predicted octanol–water partition coefficient (Wildman–Crippen LogP) is -3.14. The standard InChI is InChI=1S/CH3O3S.Li/c1-4-5(2)3;/h1H3;/q-1;+1. The van der Waals surface area contributed by atoms with Gasteiger partial charge in [0.25, 0.3) is 0 Å². The van der Waals surface area contributed by atoms with Crippen LogP contribution in [0, 0.1) is 0 Å². The van der Waals surface area contributed by atoms with Gasteiger partial charge in [0.1, 0.15) is 0 Å². The van der Waals surface area contributed by atoms with E-state index in [0.29, 0.717) is 0 Å². The monoisotopic (exact) mass is 102 g/mol. The van der Waals surface area contributed by atoms with Crippen LogP contribution in [0.2, 0.25) is 0 Å². The predicted molar refractivity (Wildman–Crippen MR) is 15.7 cm³/mol. The molecule has 0 aliphatic heterocycles. The van der Waals surface area contributed by atoms with Crippen LogP contribution >= 0.6 is 0 Å². The third-order valence-electron chi connectivity index (χ3n) is 0.136. The summed E-state index contributed by atoms with van der Waals surface area (Å²) in [5.41, 5.74) is 0. The maximum absolute atomic E-state index is 9.15. The third kappa shape index (κ3) is 8.82. The zero-order chi connectivity index (χ0) is 4.28. The molecule has 0 N–H and O–H groups in total. The van der Waals surface area contributed by atoms with E-state index < -0.39 is 11.0 Å². The van der Waals surface area contributed by atoms with Crippen LogP contribution in [0.5, 0.6) is 0 Å². The van der Waals surface area contributed by atoms with Crippen molar-refractivity contribution in [2.75, 3.05) is 7.11 Å². The summed E-state index contributed by atoms with van der Waals surface area (Å²) in [4.78, 5) is 0. The van der Waals surface area contributed by atoms with Crippen LogP contribution in [0.4, 0.5) is 0 Å².